The van der Waals surface area contributed by atoms with Crippen LogP contribution in [0.15, 0.2) is 47.4 Å². The number of carbonyl (C=O) groups excluding carboxylic acids is 1. The second-order valence-corrected chi connectivity index (χ2v) is 8.05. The van der Waals surface area contributed by atoms with Gasteiger partial charge in [-0.25, -0.2) is 13.2 Å². The maximum atomic E-state index is 12.7. The zero-order chi connectivity index (χ0) is 20.9. The lowest BCUT2D eigenvalue weighted by atomic mass is 10.2. The minimum atomic E-state index is -3.84. The van der Waals surface area contributed by atoms with Gasteiger partial charge in [0.2, 0.25) is 10.0 Å². The normalized spacial score (nSPS) is 11.4. The van der Waals surface area contributed by atoms with Crippen LogP contribution in [0.5, 0.6) is 0 Å². The summed E-state index contributed by atoms with van der Waals surface area (Å²) in [5, 5.41) is 10.7. The monoisotopic (exact) mass is 426 g/mol. The fourth-order valence-electron chi connectivity index (χ4n) is 2.48. The molecule has 0 spiro atoms. The van der Waals surface area contributed by atoms with Crippen LogP contribution in [0, 0.1) is 10.1 Å². The van der Waals surface area contributed by atoms with E-state index in [4.69, 9.17) is 16.3 Å². The maximum Gasteiger partial charge on any atom is 0.338 e. The van der Waals surface area contributed by atoms with Crippen LogP contribution in [0.25, 0.3) is 0 Å². The summed E-state index contributed by atoms with van der Waals surface area (Å²) in [5.41, 5.74) is 0.528. The number of nitrogens with zero attached hydrogens (tertiary/aromatic N) is 2. The predicted molar refractivity (Wildman–Crippen MR) is 104 cm³/mol. The van der Waals surface area contributed by atoms with E-state index in [1.807, 2.05) is 0 Å². The van der Waals surface area contributed by atoms with E-state index < -0.39 is 20.9 Å². The number of ether oxygens (including phenoxy) is 1. The molecule has 0 fully saturated rings. The van der Waals surface area contributed by atoms with Crippen LogP contribution < -0.4 is 0 Å². The molecule has 150 valence electrons. The molecule has 10 heteroatoms. The molecule has 0 saturated carbocycles. The molecule has 0 heterocycles. The van der Waals surface area contributed by atoms with Gasteiger partial charge in [-0.3, -0.25) is 10.1 Å². The van der Waals surface area contributed by atoms with Gasteiger partial charge in [0.05, 0.1) is 15.5 Å². The Bertz CT molecular complexity index is 972. The highest BCUT2D eigenvalue weighted by molar-refractivity contribution is 7.89. The van der Waals surface area contributed by atoms with E-state index in [1.54, 1.807) is 13.8 Å². The average molecular weight is 427 g/mol. The number of sulfonamides is 1. The van der Waals surface area contributed by atoms with E-state index in [9.17, 15) is 23.3 Å². The molecule has 0 saturated heterocycles. The molecular weight excluding hydrogens is 408 g/mol. The standard InChI is InChI=1S/C18H19ClN2O6S/c1-3-20(4-2)28(25,26)17-11-14(7-10-16(17)19)18(22)27-12-13-5-8-15(9-6-13)21(23)24/h5-11H,3-4,12H2,1-2H3. The summed E-state index contributed by atoms with van der Waals surface area (Å²) in [6.07, 6.45) is 0. The molecule has 0 aliphatic carbocycles. The first kappa shape index (κ1) is 21.8. The van der Waals surface area contributed by atoms with Gasteiger partial charge in [-0.1, -0.05) is 25.4 Å². The number of hydrogen-bond donors (Lipinski definition) is 0. The summed E-state index contributed by atoms with van der Waals surface area (Å²) in [4.78, 5) is 22.3. The summed E-state index contributed by atoms with van der Waals surface area (Å²) < 4.78 is 31.8. The van der Waals surface area contributed by atoms with Gasteiger partial charge in [0.1, 0.15) is 11.5 Å². The first-order chi connectivity index (χ1) is 13.2. The number of non-ortho nitro benzene ring substituents is 1. The van der Waals surface area contributed by atoms with E-state index in [0.717, 1.165) is 0 Å². The van der Waals surface area contributed by atoms with Crippen molar-refractivity contribution in [3.8, 4) is 0 Å². The first-order valence-electron chi connectivity index (χ1n) is 8.40. The molecule has 0 atom stereocenters. The van der Waals surface area contributed by atoms with Crippen molar-refractivity contribution in [2.75, 3.05) is 13.1 Å². The Labute approximate surface area is 167 Å². The summed E-state index contributed by atoms with van der Waals surface area (Å²) >= 11 is 6.04. The lowest BCUT2D eigenvalue weighted by Gasteiger charge is -2.19. The van der Waals surface area contributed by atoms with Crippen LogP contribution in [0.1, 0.15) is 29.8 Å². The van der Waals surface area contributed by atoms with Crippen molar-refractivity contribution in [3.05, 3.63) is 68.7 Å². The fraction of sp³-hybridized carbons (Fsp3) is 0.278. The molecule has 0 bridgehead atoms. The largest absolute Gasteiger partial charge is 0.457 e. The highest BCUT2D eigenvalue weighted by Crippen LogP contribution is 2.26. The first-order valence-corrected chi connectivity index (χ1v) is 10.2. The second-order valence-electron chi connectivity index (χ2n) is 5.73. The SMILES string of the molecule is CCN(CC)S(=O)(=O)c1cc(C(=O)OCc2ccc([N+](=O)[O-])cc2)ccc1Cl. The topological polar surface area (TPSA) is 107 Å². The highest BCUT2D eigenvalue weighted by atomic mass is 35.5. The molecule has 28 heavy (non-hydrogen) atoms. The number of nitro groups is 1. The van der Waals surface area contributed by atoms with Gasteiger partial charge < -0.3 is 4.74 Å². The Balaban J connectivity index is 2.19. The van der Waals surface area contributed by atoms with Crippen molar-refractivity contribution in [2.24, 2.45) is 0 Å². The molecule has 2 aromatic carbocycles. The second kappa shape index (κ2) is 9.13. The quantitative estimate of drug-likeness (QED) is 0.362. The lowest BCUT2D eigenvalue weighted by molar-refractivity contribution is -0.384. The van der Waals surface area contributed by atoms with E-state index in [-0.39, 0.29) is 40.9 Å². The summed E-state index contributed by atoms with van der Waals surface area (Å²) in [7, 11) is -3.84. The van der Waals surface area contributed by atoms with Gasteiger partial charge in [0.25, 0.3) is 5.69 Å². The number of nitro benzene ring substituents is 1. The van der Waals surface area contributed by atoms with Crippen LogP contribution in [0.2, 0.25) is 5.02 Å². The predicted octanol–water partition coefficient (Wildman–Crippen LogP) is 3.64. The third-order valence-electron chi connectivity index (χ3n) is 4.01. The van der Waals surface area contributed by atoms with Gasteiger partial charge in [0.15, 0.2) is 0 Å². The molecule has 0 radical (unpaired) electrons. The van der Waals surface area contributed by atoms with Crippen molar-refractivity contribution in [1.82, 2.24) is 4.31 Å². The summed E-state index contributed by atoms with van der Waals surface area (Å²) in [5.74, 6) is -0.731. The van der Waals surface area contributed by atoms with Crippen LogP contribution in [-0.4, -0.2) is 36.7 Å². The molecule has 8 nitrogen and oxygen atoms in total. The van der Waals surface area contributed by atoms with Gasteiger partial charge in [0, 0.05) is 25.2 Å². The number of esters is 1. The molecule has 0 aliphatic rings. The van der Waals surface area contributed by atoms with E-state index >= 15 is 0 Å². The van der Waals surface area contributed by atoms with Crippen molar-refractivity contribution in [3.63, 3.8) is 0 Å². The molecule has 0 N–H and O–H groups in total. The highest BCUT2D eigenvalue weighted by Gasteiger charge is 2.25. The van der Waals surface area contributed by atoms with Crippen LogP contribution >= 0.6 is 11.6 Å². The number of rotatable bonds is 8. The number of halogens is 1. The minimum absolute atomic E-state index is 0.0128. The van der Waals surface area contributed by atoms with E-state index in [2.05, 4.69) is 0 Å². The van der Waals surface area contributed by atoms with Crippen LogP contribution in [-0.2, 0) is 21.4 Å². The molecular formula is C18H19ClN2O6S. The average Bonchev–Trinajstić information content (AvgIpc) is 2.67. The van der Waals surface area contributed by atoms with E-state index in [0.29, 0.717) is 5.56 Å². The number of carbonyl (C=O) groups is 1. The third-order valence-corrected chi connectivity index (χ3v) is 6.54. The Hall–Kier alpha value is -2.49. The molecule has 0 unspecified atom stereocenters. The Morgan fingerprint density at radius 1 is 1.14 bits per heavy atom. The minimum Gasteiger partial charge on any atom is -0.457 e. The van der Waals surface area contributed by atoms with Crippen molar-refractivity contribution in [1.29, 1.82) is 0 Å². The van der Waals surface area contributed by atoms with Crippen LogP contribution in [0.4, 0.5) is 5.69 Å². The molecule has 0 aliphatic heterocycles. The van der Waals surface area contributed by atoms with Crippen LogP contribution in [0.3, 0.4) is 0 Å². The van der Waals surface area contributed by atoms with Gasteiger partial charge in [-0.05, 0) is 35.9 Å². The number of benzene rings is 2. The summed E-state index contributed by atoms with van der Waals surface area (Å²) in [6.45, 7) is 3.83. The Morgan fingerprint density at radius 3 is 2.29 bits per heavy atom. The molecule has 0 amide bonds. The number of hydrogen-bond acceptors (Lipinski definition) is 6. The Morgan fingerprint density at radius 2 is 1.75 bits per heavy atom. The van der Waals surface area contributed by atoms with Gasteiger partial charge >= 0.3 is 5.97 Å². The van der Waals surface area contributed by atoms with Crippen molar-refractivity contribution in [2.45, 2.75) is 25.3 Å². The van der Waals surface area contributed by atoms with E-state index in [1.165, 1.54) is 46.8 Å². The molecule has 2 aromatic rings. The zero-order valence-electron chi connectivity index (χ0n) is 15.3. The lowest BCUT2D eigenvalue weighted by Crippen LogP contribution is -2.31. The zero-order valence-corrected chi connectivity index (χ0v) is 16.9. The smallest absolute Gasteiger partial charge is 0.338 e. The van der Waals surface area contributed by atoms with Crippen molar-refractivity contribution < 1.29 is 22.9 Å². The van der Waals surface area contributed by atoms with Gasteiger partial charge in [-0.2, -0.15) is 4.31 Å². The third kappa shape index (κ3) is 4.86. The molecule has 0 aromatic heterocycles. The summed E-state index contributed by atoms with van der Waals surface area (Å²) in [6, 6.07) is 9.46. The van der Waals surface area contributed by atoms with Gasteiger partial charge in [-0.15, -0.1) is 0 Å². The molecule has 2 rings (SSSR count). The maximum absolute atomic E-state index is 12.7. The fourth-order valence-corrected chi connectivity index (χ4v) is 4.44. The Kier molecular flexibility index (Phi) is 7.11. The van der Waals surface area contributed by atoms with Crippen molar-refractivity contribution >= 4 is 33.3 Å².